The average Bonchev–Trinajstić information content (AvgIpc) is 3.07. The number of amides is 4. The van der Waals surface area contributed by atoms with Crippen LogP contribution < -0.4 is 5.32 Å². The maximum Gasteiger partial charge on any atom is 0.410 e. The topological polar surface area (TPSA) is 108 Å². The zero-order valence-corrected chi connectivity index (χ0v) is 37.3. The Morgan fingerprint density at radius 3 is 2.26 bits per heavy atom. The minimum absolute atomic E-state index is 0. The van der Waals surface area contributed by atoms with E-state index in [1.807, 2.05) is 48.5 Å². The number of nitrogens with zero attached hydrogens (tertiary/aromatic N) is 3. The standard InChI is InChI=1S/C39H51N4O6.Rf/c1-10-12-14-15-24-43(29(3)25-35(44)48-9)36(45)34(41(8)38(47)49-39(4,5)6)27-30-19-21-32(22-20-30)33-18-16-17-31(26-33)28-42(23-13-11-2)37(46)40-7;/h2,16-22,25-26,29,34H,10,12,14-15,24,27-28H2,1,3-9H3,(H,40,46);/q-1;. The molecule has 0 fully saturated rings. The van der Waals surface area contributed by atoms with Gasteiger partial charge in [0.05, 0.1) is 13.7 Å². The summed E-state index contributed by atoms with van der Waals surface area (Å²) in [5, 5.41) is 2.57. The third kappa shape index (κ3) is 13.2. The van der Waals surface area contributed by atoms with Crippen LogP contribution in [0.25, 0.3) is 11.1 Å². The number of rotatable bonds is 15. The number of esters is 1. The van der Waals surface area contributed by atoms with E-state index in [9.17, 15) is 19.2 Å². The Morgan fingerprint density at radius 2 is 1.68 bits per heavy atom. The van der Waals surface area contributed by atoms with Gasteiger partial charge >= 0.3 is 12.1 Å². The number of nitrogens with one attached hydrogen (secondary N) is 1. The summed E-state index contributed by atoms with van der Waals surface area (Å²) < 4.78 is 10.5. The van der Waals surface area contributed by atoms with Gasteiger partial charge < -0.3 is 19.7 Å². The molecule has 0 aliphatic rings. The van der Waals surface area contributed by atoms with E-state index in [-0.39, 0.29) is 24.9 Å². The van der Waals surface area contributed by atoms with Gasteiger partial charge in [-0.1, -0.05) is 81.6 Å². The van der Waals surface area contributed by atoms with E-state index in [2.05, 4.69) is 30.1 Å². The number of benzene rings is 2. The molecule has 0 aromatic heterocycles. The summed E-state index contributed by atoms with van der Waals surface area (Å²) in [5.74, 6) is 3.89. The third-order valence-electron chi connectivity index (χ3n) is 7.75. The van der Waals surface area contributed by atoms with Crippen LogP contribution in [0.4, 0.5) is 9.59 Å². The van der Waals surface area contributed by atoms with Gasteiger partial charge in [-0.2, -0.15) is 0 Å². The van der Waals surface area contributed by atoms with Crippen molar-refractivity contribution in [2.45, 2.75) is 91.0 Å². The summed E-state index contributed by atoms with van der Waals surface area (Å²) in [4.78, 5) is 56.4. The van der Waals surface area contributed by atoms with Gasteiger partial charge in [0.2, 0.25) is 5.91 Å². The number of hydrogen-bond acceptors (Lipinski definition) is 6. The first-order chi connectivity index (χ1) is 23.2. The predicted molar refractivity (Wildman–Crippen MR) is 192 cm³/mol. The van der Waals surface area contributed by atoms with Crippen LogP contribution in [-0.2, 0) is 32.0 Å². The second kappa shape index (κ2) is 20.3. The molecule has 0 bridgehead atoms. The van der Waals surface area contributed by atoms with Gasteiger partial charge in [0, 0.05) is 39.0 Å². The Labute approximate surface area is 292 Å². The fourth-order valence-corrected chi connectivity index (χ4v) is 5.11. The van der Waals surface area contributed by atoms with Gasteiger partial charge in [-0.15, -0.1) is 6.42 Å². The van der Waals surface area contributed by atoms with Crippen LogP contribution in [0.1, 0.15) is 71.4 Å². The summed E-state index contributed by atoms with van der Waals surface area (Å²) >= 11 is 0. The average molecular weight is 939 g/mol. The van der Waals surface area contributed by atoms with Crippen molar-refractivity contribution in [2.75, 3.05) is 27.7 Å². The second-order valence-corrected chi connectivity index (χ2v) is 12.8. The molecule has 0 aliphatic carbocycles. The van der Waals surface area contributed by atoms with E-state index < -0.39 is 29.7 Å². The minimum Gasteiger partial charge on any atom is -0.491 e. The van der Waals surface area contributed by atoms with Crippen molar-refractivity contribution in [3.63, 3.8) is 0 Å². The molecule has 2 aromatic rings. The Morgan fingerprint density at radius 1 is 1.00 bits per heavy atom. The first kappa shape index (κ1) is 41.9. The Hall–Kier alpha value is -6.09. The number of terminal acetylenes is 1. The fourth-order valence-electron chi connectivity index (χ4n) is 5.11. The monoisotopic (exact) mass is 939 g/mol. The zero-order valence-electron chi connectivity index (χ0n) is 30.9. The summed E-state index contributed by atoms with van der Waals surface area (Å²) in [6.45, 7) is 9.88. The molecule has 4 amide bonds. The third-order valence-corrected chi connectivity index (χ3v) is 7.75. The van der Waals surface area contributed by atoms with Crippen LogP contribution in [0.15, 0.2) is 48.5 Å². The molecule has 0 aliphatic heterocycles. The number of carbonyl (C=O) groups is 4. The number of ether oxygens (including phenoxy) is 2. The van der Waals surface area contributed by atoms with Gasteiger partial charge in [-0.25, -0.2) is 14.5 Å². The van der Waals surface area contributed by atoms with Crippen LogP contribution in [0.3, 0.4) is 0 Å². The molecule has 0 spiro atoms. The quantitative estimate of drug-likeness (QED) is 0.0768. The van der Waals surface area contributed by atoms with E-state index in [1.54, 1.807) is 39.6 Å². The summed E-state index contributed by atoms with van der Waals surface area (Å²) in [7, 11) is 4.39. The van der Waals surface area contributed by atoms with E-state index >= 15 is 0 Å². The predicted octanol–water partition coefficient (Wildman–Crippen LogP) is 6.04. The molecular weight excluding hydrogens is 887 g/mol. The van der Waals surface area contributed by atoms with Gasteiger partial charge in [-0.05, 0) is 61.4 Å². The van der Waals surface area contributed by atoms with Crippen molar-refractivity contribution < 1.29 is 28.7 Å². The molecule has 0 heterocycles. The molecule has 2 atom stereocenters. The molecule has 2 unspecified atom stereocenters. The minimum atomic E-state index is -0.900. The Kier molecular flexibility index (Phi) is 17.0. The van der Waals surface area contributed by atoms with Gasteiger partial charge in [0.15, 0.2) is 5.97 Å². The number of carbonyl (C=O) groups excluding carboxylic acids is 4. The number of hydrogen-bond donors (Lipinski definition) is 1. The first-order valence-corrected chi connectivity index (χ1v) is 16.6. The van der Waals surface area contributed by atoms with Crippen LogP contribution in [-0.4, -0.2) is 84.1 Å². The normalized spacial score (nSPS) is 11.6. The zero-order chi connectivity index (χ0) is 36.6. The maximum atomic E-state index is 14.3. The Balaban J connectivity index is 0.0000125. The maximum absolute atomic E-state index is 14.3. The van der Waals surface area contributed by atoms with Crippen molar-refractivity contribution >= 4 is 24.0 Å². The van der Waals surface area contributed by atoms with Crippen molar-refractivity contribution in [1.29, 1.82) is 0 Å². The molecule has 1 N–H and O–H groups in total. The molecule has 2 aromatic carbocycles. The van der Waals surface area contributed by atoms with Crippen LogP contribution in [0, 0.1) is 30.7 Å². The smallest absolute Gasteiger partial charge is 0.410 e. The van der Waals surface area contributed by atoms with Gasteiger partial charge in [0.1, 0.15) is 11.6 Å². The molecule has 0 saturated carbocycles. The van der Waals surface area contributed by atoms with Crippen LogP contribution in [0.2, 0.25) is 0 Å². The molecule has 2 rings (SSSR count). The molecule has 0 saturated heterocycles. The van der Waals surface area contributed by atoms with E-state index in [0.717, 1.165) is 47.9 Å². The molecular formula is C39H51N4O6Rf-. The van der Waals surface area contributed by atoms with Crippen molar-refractivity contribution in [1.82, 2.24) is 20.0 Å². The molecule has 0 radical (unpaired) electrons. The SMILES string of the molecule is C#CC#CN(Cc1cccc(-c2ccc(CC(C(=O)N(CCCCCC)C(C)[CH-]C(=O)OC)N(C)C(=O)OC(C)(C)C)cc2)c1)C(=O)NC.[Rf]. The van der Waals surface area contributed by atoms with Crippen LogP contribution in [0.5, 0.6) is 0 Å². The summed E-state index contributed by atoms with van der Waals surface area (Å²) in [6.07, 6.45) is 10.00. The fraction of sp³-hybridized carbons (Fsp3) is 0.462. The van der Waals surface area contributed by atoms with Gasteiger partial charge in [0.25, 0.3) is 0 Å². The Bertz CT molecular complexity index is 1520. The second-order valence-electron chi connectivity index (χ2n) is 12.8. The molecule has 11 heteroatoms. The molecule has 266 valence electrons. The first-order valence-electron chi connectivity index (χ1n) is 16.6. The largest absolute Gasteiger partial charge is 0.491 e. The summed E-state index contributed by atoms with van der Waals surface area (Å²) in [5.41, 5.74) is 2.79. The summed E-state index contributed by atoms with van der Waals surface area (Å²) in [6, 6.07) is 16.4. The van der Waals surface area contributed by atoms with E-state index in [4.69, 9.17) is 15.9 Å². The number of urea groups is 1. The van der Waals surface area contributed by atoms with Gasteiger partial charge in [-0.3, -0.25) is 20.9 Å². The van der Waals surface area contributed by atoms with Crippen molar-refractivity contribution in [2.24, 2.45) is 0 Å². The van der Waals surface area contributed by atoms with Crippen molar-refractivity contribution in [3.05, 3.63) is 66.1 Å². The van der Waals surface area contributed by atoms with Crippen LogP contribution >= 0.6 is 0 Å². The number of unbranched alkanes of at least 4 members (excludes halogenated alkanes) is 3. The molecule has 50 heavy (non-hydrogen) atoms. The molecule has 10 nitrogen and oxygen atoms in total. The van der Waals surface area contributed by atoms with Crippen molar-refractivity contribution in [3.8, 4) is 35.4 Å². The van der Waals surface area contributed by atoms with E-state index in [1.165, 1.54) is 30.4 Å². The number of likely N-dealkylation sites (N-methyl/N-ethyl adjacent to an activating group) is 1. The van der Waals surface area contributed by atoms with E-state index in [0.29, 0.717) is 6.54 Å². The number of methoxy groups -OCH3 is 1.